The van der Waals surface area contributed by atoms with E-state index in [0.29, 0.717) is 36.7 Å². The minimum absolute atomic E-state index is 0.0822. The lowest BCUT2D eigenvalue weighted by Gasteiger charge is -2.22. The van der Waals surface area contributed by atoms with E-state index in [4.69, 9.17) is 10.5 Å². The zero-order chi connectivity index (χ0) is 14.4. The van der Waals surface area contributed by atoms with Crippen molar-refractivity contribution >= 4 is 11.6 Å². The Bertz CT molecular complexity index is 469. The Hall–Kier alpha value is -1.97. The molecule has 1 amide bonds. The van der Waals surface area contributed by atoms with E-state index in [1.54, 1.807) is 23.1 Å². The number of nitrogen functional groups attached to an aromatic ring is 1. The van der Waals surface area contributed by atoms with Crippen molar-refractivity contribution in [3.8, 4) is 5.75 Å². The molecule has 0 heterocycles. The summed E-state index contributed by atoms with van der Waals surface area (Å²) < 4.78 is 5.49. The number of carbonyl (C=O) groups excluding carboxylic acids is 1. The van der Waals surface area contributed by atoms with Gasteiger partial charge in [-0.3, -0.25) is 4.79 Å². The summed E-state index contributed by atoms with van der Waals surface area (Å²) in [7, 11) is 0. The normalized spacial score (nSPS) is 10.1. The van der Waals surface area contributed by atoms with Gasteiger partial charge in [-0.05, 0) is 32.9 Å². The topological polar surface area (TPSA) is 55.6 Å². The van der Waals surface area contributed by atoms with E-state index in [1.807, 2.05) is 20.8 Å². The van der Waals surface area contributed by atoms with E-state index < -0.39 is 0 Å². The first-order valence-electron chi connectivity index (χ1n) is 6.46. The maximum atomic E-state index is 12.5. The summed E-state index contributed by atoms with van der Waals surface area (Å²) in [6, 6.07) is 5.24. The summed E-state index contributed by atoms with van der Waals surface area (Å²) in [6.07, 6.45) is 0. The number of para-hydroxylation sites is 1. The summed E-state index contributed by atoms with van der Waals surface area (Å²) >= 11 is 0. The van der Waals surface area contributed by atoms with Crippen molar-refractivity contribution in [1.82, 2.24) is 4.90 Å². The number of hydrogen-bond acceptors (Lipinski definition) is 3. The third-order valence-corrected chi connectivity index (χ3v) is 2.69. The van der Waals surface area contributed by atoms with Crippen LogP contribution in [0.25, 0.3) is 0 Å². The summed E-state index contributed by atoms with van der Waals surface area (Å²) in [6.45, 7) is 11.2. The highest BCUT2D eigenvalue weighted by molar-refractivity contribution is 5.98. The van der Waals surface area contributed by atoms with Gasteiger partial charge in [-0.2, -0.15) is 0 Å². The molecule has 0 atom stereocenters. The van der Waals surface area contributed by atoms with Crippen LogP contribution >= 0.6 is 0 Å². The monoisotopic (exact) mass is 262 g/mol. The van der Waals surface area contributed by atoms with Crippen LogP contribution in [0, 0.1) is 0 Å². The molecule has 0 aliphatic carbocycles. The fourth-order valence-electron chi connectivity index (χ4n) is 1.85. The molecule has 0 spiro atoms. The van der Waals surface area contributed by atoms with Crippen molar-refractivity contribution in [3.05, 3.63) is 35.9 Å². The van der Waals surface area contributed by atoms with Crippen LogP contribution in [0.3, 0.4) is 0 Å². The van der Waals surface area contributed by atoms with Crippen LogP contribution in [0.2, 0.25) is 0 Å². The molecule has 0 radical (unpaired) electrons. The van der Waals surface area contributed by atoms with Crippen LogP contribution in [0.4, 0.5) is 5.69 Å². The van der Waals surface area contributed by atoms with Gasteiger partial charge in [0.1, 0.15) is 0 Å². The van der Waals surface area contributed by atoms with Crippen LogP contribution in [0.1, 0.15) is 31.1 Å². The van der Waals surface area contributed by atoms with E-state index in [2.05, 4.69) is 6.58 Å². The number of nitrogens with two attached hydrogens (primary N) is 1. The van der Waals surface area contributed by atoms with E-state index in [0.717, 1.165) is 5.57 Å². The number of benzene rings is 1. The molecule has 0 aliphatic rings. The van der Waals surface area contributed by atoms with Gasteiger partial charge in [0.25, 0.3) is 5.91 Å². The van der Waals surface area contributed by atoms with Gasteiger partial charge >= 0.3 is 0 Å². The lowest BCUT2D eigenvalue weighted by molar-refractivity contribution is 0.0774. The molecule has 1 aromatic rings. The molecule has 0 aliphatic heterocycles. The largest absolute Gasteiger partial charge is 0.491 e. The minimum Gasteiger partial charge on any atom is -0.491 e. The molecule has 0 fully saturated rings. The molecule has 1 aromatic carbocycles. The Morgan fingerprint density at radius 2 is 2.11 bits per heavy atom. The molecule has 4 nitrogen and oxygen atoms in total. The van der Waals surface area contributed by atoms with Crippen LogP contribution in [0.5, 0.6) is 5.75 Å². The minimum atomic E-state index is -0.0822. The number of ether oxygens (including phenoxy) is 1. The van der Waals surface area contributed by atoms with Gasteiger partial charge in [-0.25, -0.2) is 0 Å². The maximum absolute atomic E-state index is 12.5. The number of rotatable bonds is 6. The third-order valence-electron chi connectivity index (χ3n) is 2.69. The first kappa shape index (κ1) is 15.1. The number of nitrogens with zero attached hydrogens (tertiary/aromatic N) is 1. The Labute approximate surface area is 114 Å². The Kier molecular flexibility index (Phi) is 5.42. The highest BCUT2D eigenvalue weighted by atomic mass is 16.5. The van der Waals surface area contributed by atoms with Crippen LogP contribution in [-0.2, 0) is 0 Å². The fourth-order valence-corrected chi connectivity index (χ4v) is 1.85. The van der Waals surface area contributed by atoms with Gasteiger partial charge in [-0.1, -0.05) is 18.2 Å². The first-order valence-corrected chi connectivity index (χ1v) is 6.46. The van der Waals surface area contributed by atoms with Gasteiger partial charge in [0.05, 0.1) is 17.9 Å². The number of carbonyl (C=O) groups is 1. The Morgan fingerprint density at radius 1 is 1.42 bits per heavy atom. The van der Waals surface area contributed by atoms with Crippen LogP contribution in [0.15, 0.2) is 30.4 Å². The number of anilines is 1. The van der Waals surface area contributed by atoms with Crippen LogP contribution < -0.4 is 10.5 Å². The van der Waals surface area contributed by atoms with E-state index >= 15 is 0 Å². The predicted octanol–water partition coefficient (Wildman–Crippen LogP) is 2.71. The average Bonchev–Trinajstić information content (AvgIpc) is 2.37. The number of amides is 1. The molecule has 0 bridgehead atoms. The quantitative estimate of drug-likeness (QED) is 0.633. The van der Waals surface area contributed by atoms with Crippen molar-refractivity contribution < 1.29 is 9.53 Å². The van der Waals surface area contributed by atoms with Crippen molar-refractivity contribution in [2.45, 2.75) is 20.8 Å². The fraction of sp³-hybridized carbons (Fsp3) is 0.400. The predicted molar refractivity (Wildman–Crippen MR) is 78.4 cm³/mol. The smallest absolute Gasteiger partial charge is 0.257 e. The van der Waals surface area contributed by atoms with Crippen molar-refractivity contribution in [2.75, 3.05) is 25.4 Å². The summed E-state index contributed by atoms with van der Waals surface area (Å²) in [4.78, 5) is 14.2. The lowest BCUT2D eigenvalue weighted by Crippen LogP contribution is -2.32. The van der Waals surface area contributed by atoms with E-state index in [9.17, 15) is 4.79 Å². The van der Waals surface area contributed by atoms with E-state index in [1.165, 1.54) is 0 Å². The second kappa shape index (κ2) is 6.83. The molecule has 19 heavy (non-hydrogen) atoms. The Morgan fingerprint density at radius 3 is 2.63 bits per heavy atom. The second-order valence-electron chi connectivity index (χ2n) is 4.43. The molecule has 0 aromatic heterocycles. The molecule has 1 rings (SSSR count). The Balaban J connectivity index is 3.10. The average molecular weight is 262 g/mol. The highest BCUT2D eigenvalue weighted by Crippen LogP contribution is 2.27. The van der Waals surface area contributed by atoms with Crippen LogP contribution in [-0.4, -0.2) is 30.5 Å². The zero-order valence-corrected chi connectivity index (χ0v) is 11.9. The van der Waals surface area contributed by atoms with Crippen molar-refractivity contribution in [2.24, 2.45) is 0 Å². The van der Waals surface area contributed by atoms with Gasteiger partial charge < -0.3 is 15.4 Å². The molecule has 0 saturated heterocycles. The maximum Gasteiger partial charge on any atom is 0.257 e. The standard InChI is InChI=1S/C15H22N2O2/c1-5-17(10-11(3)4)15(18)12-8-7-9-13(16)14(12)19-6-2/h7-9H,3,5-6,10,16H2,1-2,4H3. The molecule has 4 heteroatoms. The number of likely N-dealkylation sites (N-methyl/N-ethyl adjacent to an activating group) is 1. The third kappa shape index (κ3) is 3.74. The SMILES string of the molecule is C=C(C)CN(CC)C(=O)c1cccc(N)c1OCC. The molecular weight excluding hydrogens is 240 g/mol. The van der Waals surface area contributed by atoms with Gasteiger partial charge in [0.2, 0.25) is 0 Å². The van der Waals surface area contributed by atoms with Crippen molar-refractivity contribution in [1.29, 1.82) is 0 Å². The highest BCUT2D eigenvalue weighted by Gasteiger charge is 2.19. The zero-order valence-electron chi connectivity index (χ0n) is 11.9. The lowest BCUT2D eigenvalue weighted by atomic mass is 10.1. The van der Waals surface area contributed by atoms with Crippen molar-refractivity contribution in [3.63, 3.8) is 0 Å². The van der Waals surface area contributed by atoms with Gasteiger partial charge in [0.15, 0.2) is 5.75 Å². The second-order valence-corrected chi connectivity index (χ2v) is 4.43. The summed E-state index contributed by atoms with van der Waals surface area (Å²) in [5.41, 5.74) is 7.81. The molecule has 2 N–H and O–H groups in total. The molecule has 0 unspecified atom stereocenters. The molecule has 104 valence electrons. The molecular formula is C15H22N2O2. The summed E-state index contributed by atoms with van der Waals surface area (Å²) in [5, 5.41) is 0. The van der Waals surface area contributed by atoms with E-state index in [-0.39, 0.29) is 5.91 Å². The summed E-state index contributed by atoms with van der Waals surface area (Å²) in [5.74, 6) is 0.386. The number of hydrogen-bond donors (Lipinski definition) is 1. The molecule has 0 saturated carbocycles. The van der Waals surface area contributed by atoms with Gasteiger partial charge in [-0.15, -0.1) is 0 Å². The van der Waals surface area contributed by atoms with Gasteiger partial charge in [0, 0.05) is 13.1 Å². The first-order chi connectivity index (χ1) is 9.01.